The molecule has 1 aliphatic heterocycles. The van der Waals surface area contributed by atoms with E-state index in [1.165, 1.54) is 10.9 Å². The topological polar surface area (TPSA) is 85.4 Å². The number of likely N-dealkylation sites (tertiary alicyclic amines) is 1. The van der Waals surface area contributed by atoms with Gasteiger partial charge in [-0.25, -0.2) is 9.67 Å². The Balaban J connectivity index is 1.30. The van der Waals surface area contributed by atoms with Crippen molar-refractivity contribution in [2.24, 2.45) is 0 Å². The Bertz CT molecular complexity index is 1360. The molecule has 1 aliphatic rings. The molecule has 9 heteroatoms. The molecule has 3 heterocycles. The lowest BCUT2D eigenvalue weighted by Crippen LogP contribution is -2.47. The molecular weight excluding hydrogens is 454 g/mol. The third-order valence-corrected chi connectivity index (χ3v) is 6.68. The molecule has 0 spiro atoms. The number of rotatable bonds is 6. The Hall–Kier alpha value is -3.20. The molecule has 5 rings (SSSR count). The molecule has 8 nitrogen and oxygen atoms in total. The molecular formula is C25H26ClN5O3. The van der Waals surface area contributed by atoms with Gasteiger partial charge in [-0.2, -0.15) is 5.10 Å². The van der Waals surface area contributed by atoms with Crippen LogP contribution in [0.15, 0.2) is 65.8 Å². The highest BCUT2D eigenvalue weighted by Gasteiger charge is 2.33. The Morgan fingerprint density at radius 2 is 1.91 bits per heavy atom. The van der Waals surface area contributed by atoms with Crippen LogP contribution in [-0.4, -0.2) is 55.1 Å². The molecule has 0 atom stereocenters. The summed E-state index contributed by atoms with van der Waals surface area (Å²) in [6, 6.07) is 15.2. The van der Waals surface area contributed by atoms with Crippen LogP contribution >= 0.6 is 11.6 Å². The van der Waals surface area contributed by atoms with E-state index in [4.69, 9.17) is 16.3 Å². The van der Waals surface area contributed by atoms with Crippen molar-refractivity contribution in [2.45, 2.75) is 31.5 Å². The van der Waals surface area contributed by atoms with Crippen LogP contribution in [0.3, 0.4) is 0 Å². The number of benzene rings is 2. The number of halogens is 1. The van der Waals surface area contributed by atoms with Gasteiger partial charge in [0.15, 0.2) is 5.65 Å². The van der Waals surface area contributed by atoms with Crippen molar-refractivity contribution in [3.8, 4) is 11.4 Å². The molecule has 0 bridgehead atoms. The molecule has 1 saturated heterocycles. The monoisotopic (exact) mass is 479 g/mol. The summed E-state index contributed by atoms with van der Waals surface area (Å²) in [5.74, 6) is 0.798. The van der Waals surface area contributed by atoms with Crippen molar-refractivity contribution in [1.29, 1.82) is 0 Å². The van der Waals surface area contributed by atoms with E-state index in [1.807, 2.05) is 48.5 Å². The van der Waals surface area contributed by atoms with Gasteiger partial charge in [0.25, 0.3) is 5.56 Å². The Morgan fingerprint density at radius 3 is 2.65 bits per heavy atom. The smallest absolute Gasteiger partial charge is 0.264 e. The van der Waals surface area contributed by atoms with Crippen molar-refractivity contribution < 1.29 is 9.84 Å². The van der Waals surface area contributed by atoms with Gasteiger partial charge in [0.05, 0.1) is 31.1 Å². The van der Waals surface area contributed by atoms with E-state index in [0.29, 0.717) is 48.5 Å². The van der Waals surface area contributed by atoms with Gasteiger partial charge in [-0.15, -0.1) is 0 Å². The van der Waals surface area contributed by atoms with E-state index in [0.717, 1.165) is 17.0 Å². The third kappa shape index (κ3) is 4.44. The van der Waals surface area contributed by atoms with E-state index in [9.17, 15) is 9.90 Å². The lowest BCUT2D eigenvalue weighted by atomic mass is 9.91. The number of hydrogen-bond donors (Lipinski definition) is 1. The summed E-state index contributed by atoms with van der Waals surface area (Å²) in [6.07, 6.45) is 4.14. The lowest BCUT2D eigenvalue weighted by Gasteiger charge is -2.38. The zero-order valence-electron chi connectivity index (χ0n) is 18.9. The number of nitrogens with zero attached hydrogens (tertiary/aromatic N) is 5. The number of para-hydroxylation sites is 1. The minimum absolute atomic E-state index is 0.194. The van der Waals surface area contributed by atoms with Gasteiger partial charge in [-0.3, -0.25) is 14.3 Å². The standard InChI is InChI=1S/C25H26ClN5O3/c1-34-22-8-7-19(26)13-18(22)15-29-11-9-25(33,10-12-29)16-30-17-27-23-21(24(30)32)14-28-31(23)20-5-3-2-4-6-20/h2-8,13-14,17,33H,9-12,15-16H2,1H3. The normalized spacial score (nSPS) is 16.1. The fourth-order valence-electron chi connectivity index (χ4n) is 4.53. The average molecular weight is 480 g/mol. The zero-order chi connectivity index (χ0) is 23.7. The molecule has 2 aromatic carbocycles. The molecule has 1 N–H and O–H groups in total. The molecule has 34 heavy (non-hydrogen) atoms. The van der Waals surface area contributed by atoms with Crippen molar-refractivity contribution in [2.75, 3.05) is 20.2 Å². The lowest BCUT2D eigenvalue weighted by molar-refractivity contribution is -0.0365. The predicted octanol–water partition coefficient (Wildman–Crippen LogP) is 3.27. The maximum Gasteiger partial charge on any atom is 0.264 e. The van der Waals surface area contributed by atoms with Gasteiger partial charge in [-0.1, -0.05) is 29.8 Å². The van der Waals surface area contributed by atoms with Gasteiger partial charge in [-0.05, 0) is 43.2 Å². The Kier molecular flexibility index (Phi) is 6.12. The van der Waals surface area contributed by atoms with Crippen LogP contribution in [0.4, 0.5) is 0 Å². The van der Waals surface area contributed by atoms with Gasteiger partial charge >= 0.3 is 0 Å². The first-order chi connectivity index (χ1) is 16.5. The van der Waals surface area contributed by atoms with Crippen LogP contribution < -0.4 is 10.3 Å². The first kappa shape index (κ1) is 22.6. The molecule has 2 aromatic heterocycles. The maximum atomic E-state index is 13.1. The van der Waals surface area contributed by atoms with Crippen LogP contribution in [0, 0.1) is 0 Å². The van der Waals surface area contributed by atoms with E-state index < -0.39 is 5.60 Å². The first-order valence-electron chi connectivity index (χ1n) is 11.2. The fourth-order valence-corrected chi connectivity index (χ4v) is 4.73. The van der Waals surface area contributed by atoms with Gasteiger partial charge in [0, 0.05) is 30.2 Å². The van der Waals surface area contributed by atoms with E-state index in [-0.39, 0.29) is 12.1 Å². The second-order valence-corrected chi connectivity index (χ2v) is 9.20. The minimum atomic E-state index is -0.983. The zero-order valence-corrected chi connectivity index (χ0v) is 19.6. The predicted molar refractivity (Wildman–Crippen MR) is 131 cm³/mol. The molecule has 0 unspecified atom stereocenters. The molecule has 0 aliphatic carbocycles. The number of aromatic nitrogens is 4. The maximum absolute atomic E-state index is 13.1. The SMILES string of the molecule is COc1ccc(Cl)cc1CN1CCC(O)(Cn2cnc3c(cnn3-c3ccccc3)c2=O)CC1. The number of aliphatic hydroxyl groups is 1. The highest BCUT2D eigenvalue weighted by molar-refractivity contribution is 6.30. The van der Waals surface area contributed by atoms with E-state index >= 15 is 0 Å². The molecule has 0 radical (unpaired) electrons. The highest BCUT2D eigenvalue weighted by Crippen LogP contribution is 2.28. The summed E-state index contributed by atoms with van der Waals surface area (Å²) in [4.78, 5) is 19.9. The van der Waals surface area contributed by atoms with Crippen molar-refractivity contribution in [3.05, 3.63) is 82.0 Å². The summed E-state index contributed by atoms with van der Waals surface area (Å²) in [7, 11) is 1.65. The summed E-state index contributed by atoms with van der Waals surface area (Å²) in [5, 5.41) is 16.7. The summed E-state index contributed by atoms with van der Waals surface area (Å²) >= 11 is 6.16. The molecule has 0 saturated carbocycles. The van der Waals surface area contributed by atoms with Crippen LogP contribution in [0.25, 0.3) is 16.7 Å². The number of ether oxygens (including phenoxy) is 1. The average Bonchev–Trinajstić information content (AvgIpc) is 3.28. The molecule has 4 aromatic rings. The number of methoxy groups -OCH3 is 1. The minimum Gasteiger partial charge on any atom is -0.496 e. The van der Waals surface area contributed by atoms with Crippen LogP contribution in [-0.2, 0) is 13.1 Å². The Morgan fingerprint density at radius 1 is 1.15 bits per heavy atom. The fraction of sp³-hybridized carbons (Fsp3) is 0.320. The first-order valence-corrected chi connectivity index (χ1v) is 11.6. The quantitative estimate of drug-likeness (QED) is 0.457. The summed E-state index contributed by atoms with van der Waals surface area (Å²) in [6.45, 7) is 2.27. The third-order valence-electron chi connectivity index (χ3n) is 6.44. The molecule has 1 fully saturated rings. The summed E-state index contributed by atoms with van der Waals surface area (Å²) < 4.78 is 8.60. The largest absolute Gasteiger partial charge is 0.496 e. The van der Waals surface area contributed by atoms with Crippen LogP contribution in [0.1, 0.15) is 18.4 Å². The second-order valence-electron chi connectivity index (χ2n) is 8.76. The Labute approximate surface area is 202 Å². The van der Waals surface area contributed by atoms with Gasteiger partial charge < -0.3 is 9.84 Å². The van der Waals surface area contributed by atoms with Crippen LogP contribution in [0.2, 0.25) is 5.02 Å². The highest BCUT2D eigenvalue weighted by atomic mass is 35.5. The van der Waals surface area contributed by atoms with Crippen LogP contribution in [0.5, 0.6) is 5.75 Å². The molecule has 0 amide bonds. The van der Waals surface area contributed by atoms with Crippen molar-refractivity contribution >= 4 is 22.6 Å². The van der Waals surface area contributed by atoms with Gasteiger partial charge in [0.2, 0.25) is 0 Å². The number of hydrogen-bond acceptors (Lipinski definition) is 6. The van der Waals surface area contributed by atoms with Crippen molar-refractivity contribution in [3.63, 3.8) is 0 Å². The van der Waals surface area contributed by atoms with Gasteiger partial charge in [0.1, 0.15) is 17.5 Å². The summed E-state index contributed by atoms with van der Waals surface area (Å²) in [5.41, 5.74) is 1.17. The molecule has 176 valence electrons. The van der Waals surface area contributed by atoms with Crippen molar-refractivity contribution in [1.82, 2.24) is 24.2 Å². The number of fused-ring (bicyclic) bond motifs is 1. The van der Waals surface area contributed by atoms with E-state index in [2.05, 4.69) is 15.0 Å². The second kappa shape index (κ2) is 9.21. The number of piperidine rings is 1. The van der Waals surface area contributed by atoms with E-state index in [1.54, 1.807) is 18.0 Å².